The third-order valence-electron chi connectivity index (χ3n) is 6.18. The van der Waals surface area contributed by atoms with E-state index in [-0.39, 0.29) is 41.3 Å². The second-order valence-corrected chi connectivity index (χ2v) is 9.16. The van der Waals surface area contributed by atoms with Crippen LogP contribution in [-0.2, 0) is 23.9 Å². The van der Waals surface area contributed by atoms with Gasteiger partial charge in [0.25, 0.3) is 11.8 Å². The largest absolute Gasteiger partial charge is 0.465 e. The zero-order chi connectivity index (χ0) is 24.0. The molecule has 1 N–H and O–H groups in total. The number of benzene rings is 1. The molecule has 3 aliphatic rings. The molecule has 176 valence electrons. The van der Waals surface area contributed by atoms with Crippen LogP contribution in [-0.4, -0.2) is 60.0 Å². The van der Waals surface area contributed by atoms with E-state index >= 15 is 0 Å². The van der Waals surface area contributed by atoms with E-state index in [4.69, 9.17) is 4.74 Å². The first kappa shape index (κ1) is 22.1. The third kappa shape index (κ3) is 3.35. The summed E-state index contributed by atoms with van der Waals surface area (Å²) in [5.41, 5.74) is -0.646. The van der Waals surface area contributed by atoms with Crippen molar-refractivity contribution in [3.8, 4) is 0 Å². The van der Waals surface area contributed by atoms with Crippen molar-refractivity contribution in [2.24, 2.45) is 0 Å². The van der Waals surface area contributed by atoms with Gasteiger partial charge in [-0.2, -0.15) is 0 Å². The summed E-state index contributed by atoms with van der Waals surface area (Å²) < 4.78 is 10.1. The minimum atomic E-state index is -1.62. The molecule has 10 nitrogen and oxygen atoms in total. The lowest BCUT2D eigenvalue weighted by molar-refractivity contribution is -0.159. The van der Waals surface area contributed by atoms with Crippen LogP contribution in [0.15, 0.2) is 35.7 Å². The van der Waals surface area contributed by atoms with E-state index in [9.17, 15) is 24.0 Å². The number of methoxy groups -OCH3 is 1. The molecule has 34 heavy (non-hydrogen) atoms. The van der Waals surface area contributed by atoms with Crippen molar-refractivity contribution in [3.05, 3.63) is 46.2 Å². The number of carbonyl (C=O) groups is 5. The van der Waals surface area contributed by atoms with Gasteiger partial charge in [-0.05, 0) is 36.4 Å². The average Bonchev–Trinajstić information content (AvgIpc) is 3.46. The minimum Gasteiger partial charge on any atom is -0.465 e. The van der Waals surface area contributed by atoms with Crippen LogP contribution in [0.2, 0.25) is 0 Å². The highest BCUT2D eigenvalue weighted by molar-refractivity contribution is 7.12. The van der Waals surface area contributed by atoms with E-state index in [0.717, 1.165) is 24.2 Å². The maximum atomic E-state index is 13.5. The second kappa shape index (κ2) is 8.24. The Labute approximate surface area is 198 Å². The molecule has 1 unspecified atom stereocenters. The van der Waals surface area contributed by atoms with Gasteiger partial charge in [0.05, 0.1) is 24.0 Å². The van der Waals surface area contributed by atoms with Crippen molar-refractivity contribution in [1.82, 2.24) is 4.90 Å². The predicted octanol–water partition coefficient (Wildman–Crippen LogP) is 2.16. The number of ether oxygens (including phenoxy) is 2. The highest BCUT2D eigenvalue weighted by atomic mass is 32.1. The quantitative estimate of drug-likeness (QED) is 0.625. The summed E-state index contributed by atoms with van der Waals surface area (Å²) in [7, 11) is 1.23. The van der Waals surface area contributed by atoms with Crippen LogP contribution in [0.3, 0.4) is 0 Å². The molecule has 1 saturated heterocycles. The molecule has 0 spiro atoms. The van der Waals surface area contributed by atoms with Crippen LogP contribution in [0.4, 0.5) is 11.4 Å². The molecule has 1 saturated carbocycles. The Balaban J connectivity index is 1.40. The summed E-state index contributed by atoms with van der Waals surface area (Å²) in [6.07, 6.45) is 1.60. The molecule has 1 aromatic carbocycles. The Morgan fingerprint density at radius 2 is 1.94 bits per heavy atom. The first-order valence-corrected chi connectivity index (χ1v) is 11.6. The molecular weight excluding hydrogens is 462 g/mol. The molecule has 11 heteroatoms. The Bertz CT molecular complexity index is 1220. The number of rotatable bonds is 6. The number of hydrogen-bond donors (Lipinski definition) is 1. The van der Waals surface area contributed by atoms with E-state index in [1.54, 1.807) is 29.6 Å². The lowest BCUT2D eigenvalue weighted by atomic mass is 9.96. The molecule has 1 aliphatic carbocycles. The van der Waals surface area contributed by atoms with Gasteiger partial charge in [0, 0.05) is 18.9 Å². The average molecular weight is 484 g/mol. The Kier molecular flexibility index (Phi) is 5.35. The van der Waals surface area contributed by atoms with Gasteiger partial charge < -0.3 is 19.7 Å². The molecule has 0 bridgehead atoms. The second-order valence-electron chi connectivity index (χ2n) is 8.25. The Morgan fingerprint density at radius 1 is 1.18 bits per heavy atom. The van der Waals surface area contributed by atoms with Crippen LogP contribution in [0.1, 0.15) is 45.7 Å². The van der Waals surface area contributed by atoms with E-state index in [0.29, 0.717) is 11.3 Å². The van der Waals surface area contributed by atoms with Gasteiger partial charge in [0.15, 0.2) is 6.61 Å². The van der Waals surface area contributed by atoms with Gasteiger partial charge >= 0.3 is 11.9 Å². The third-order valence-corrected chi connectivity index (χ3v) is 7.08. The fourth-order valence-electron chi connectivity index (χ4n) is 4.60. The van der Waals surface area contributed by atoms with Crippen molar-refractivity contribution < 1.29 is 33.4 Å². The lowest BCUT2D eigenvalue weighted by Gasteiger charge is -2.48. The number of anilines is 2. The van der Waals surface area contributed by atoms with Gasteiger partial charge in [0.2, 0.25) is 11.6 Å². The van der Waals surface area contributed by atoms with Crippen molar-refractivity contribution in [3.63, 3.8) is 0 Å². The summed E-state index contributed by atoms with van der Waals surface area (Å²) in [5.74, 6) is -2.70. The van der Waals surface area contributed by atoms with Crippen molar-refractivity contribution in [2.45, 2.75) is 37.4 Å². The summed E-state index contributed by atoms with van der Waals surface area (Å²) >= 11 is 1.10. The zero-order valence-electron chi connectivity index (χ0n) is 18.2. The van der Waals surface area contributed by atoms with Crippen LogP contribution >= 0.6 is 11.3 Å². The Hall–Kier alpha value is -3.73. The minimum absolute atomic E-state index is 0.0729. The predicted molar refractivity (Wildman–Crippen MR) is 120 cm³/mol. The standard InChI is InChI=1S/C23H21N3O7S/c1-32-21(30)19-15(9-11-34-19)24-17(27)12-33-22(31)23-10-8-18(28)26(23)16-5-3-2-4-14(16)20(29)25(23)13-6-7-13/h2-5,9,11,13H,6-8,10,12H2,1H3,(H,24,27). The number of carbonyl (C=O) groups excluding carboxylic acids is 5. The fourth-order valence-corrected chi connectivity index (χ4v) is 5.37. The molecule has 3 amide bonds. The molecule has 3 heterocycles. The molecule has 2 aliphatic heterocycles. The summed E-state index contributed by atoms with van der Waals surface area (Å²) in [6.45, 7) is -0.645. The summed E-state index contributed by atoms with van der Waals surface area (Å²) in [4.78, 5) is 67.2. The highest BCUT2D eigenvalue weighted by Crippen LogP contribution is 2.49. The van der Waals surface area contributed by atoms with E-state index in [1.807, 2.05) is 0 Å². The van der Waals surface area contributed by atoms with Crippen LogP contribution in [0.5, 0.6) is 0 Å². The van der Waals surface area contributed by atoms with E-state index in [1.165, 1.54) is 23.0 Å². The maximum Gasteiger partial charge on any atom is 0.354 e. The molecule has 2 fully saturated rings. The van der Waals surface area contributed by atoms with Gasteiger partial charge in [-0.25, -0.2) is 9.59 Å². The normalized spacial score (nSPS) is 21.1. The summed E-state index contributed by atoms with van der Waals surface area (Å²) in [6, 6.07) is 8.06. The number of thiophene rings is 1. The number of fused-ring (bicyclic) bond motifs is 3. The number of nitrogens with one attached hydrogen (secondary N) is 1. The fraction of sp³-hybridized carbons (Fsp3) is 0.348. The Morgan fingerprint density at radius 3 is 2.68 bits per heavy atom. The molecular formula is C23H21N3O7S. The maximum absolute atomic E-state index is 13.5. The smallest absolute Gasteiger partial charge is 0.354 e. The van der Waals surface area contributed by atoms with Crippen molar-refractivity contribution in [2.75, 3.05) is 23.9 Å². The van der Waals surface area contributed by atoms with E-state index in [2.05, 4.69) is 10.1 Å². The van der Waals surface area contributed by atoms with Gasteiger partial charge in [0.1, 0.15) is 4.88 Å². The number of esters is 2. The first-order chi connectivity index (χ1) is 16.4. The van der Waals surface area contributed by atoms with E-state index < -0.39 is 30.1 Å². The molecule has 5 rings (SSSR count). The SMILES string of the molecule is COC(=O)c1sccc1NC(=O)COC(=O)C12CCC(=O)N1c1ccccc1C(=O)N2C1CC1. The van der Waals surface area contributed by atoms with Gasteiger partial charge in [-0.1, -0.05) is 12.1 Å². The number of hydrogen-bond acceptors (Lipinski definition) is 8. The van der Waals surface area contributed by atoms with Crippen LogP contribution in [0, 0.1) is 0 Å². The number of nitrogens with zero attached hydrogens (tertiary/aromatic N) is 2. The zero-order valence-corrected chi connectivity index (χ0v) is 19.1. The monoisotopic (exact) mass is 483 g/mol. The van der Waals surface area contributed by atoms with Gasteiger partial charge in [-0.3, -0.25) is 19.3 Å². The summed E-state index contributed by atoms with van der Waals surface area (Å²) in [5, 5.41) is 4.15. The molecule has 1 atom stereocenters. The lowest BCUT2D eigenvalue weighted by Crippen LogP contribution is -2.69. The van der Waals surface area contributed by atoms with Gasteiger partial charge in [-0.15, -0.1) is 11.3 Å². The van der Waals surface area contributed by atoms with Crippen molar-refractivity contribution in [1.29, 1.82) is 0 Å². The molecule has 2 aromatic rings. The topological polar surface area (TPSA) is 122 Å². The first-order valence-electron chi connectivity index (χ1n) is 10.8. The number of para-hydroxylation sites is 1. The molecule has 1 aromatic heterocycles. The number of amides is 3. The highest BCUT2D eigenvalue weighted by Gasteiger charge is 2.64. The molecule has 0 radical (unpaired) electrons. The van der Waals surface area contributed by atoms with Crippen LogP contribution < -0.4 is 10.2 Å². The van der Waals surface area contributed by atoms with Crippen molar-refractivity contribution >= 4 is 52.4 Å². The van der Waals surface area contributed by atoms with Crippen LogP contribution in [0.25, 0.3) is 0 Å².